The normalized spacial score (nSPS) is 11.0. The summed E-state index contributed by atoms with van der Waals surface area (Å²) in [6.07, 6.45) is 0. The summed E-state index contributed by atoms with van der Waals surface area (Å²) in [5.41, 5.74) is 3.09. The van der Waals surface area contributed by atoms with Crippen molar-refractivity contribution >= 4 is 23.6 Å². The second kappa shape index (κ2) is 10.4. The van der Waals surface area contributed by atoms with Gasteiger partial charge in [0, 0.05) is 29.2 Å². The number of carbonyl (C=O) groups excluding carboxylic acids is 2. The Bertz CT molecular complexity index is 840. The molecule has 156 valence electrons. The summed E-state index contributed by atoms with van der Waals surface area (Å²) in [5.74, 6) is -0.158. The minimum Gasteiger partial charge on any atom is -0.452 e. The lowest BCUT2D eigenvalue weighted by Gasteiger charge is -2.30. The lowest BCUT2D eigenvalue weighted by Crippen LogP contribution is -2.44. The molecule has 0 N–H and O–H groups in total. The van der Waals surface area contributed by atoms with Crippen molar-refractivity contribution in [2.24, 2.45) is 0 Å². The molecule has 1 heterocycles. The van der Waals surface area contributed by atoms with E-state index in [0.29, 0.717) is 16.5 Å². The van der Waals surface area contributed by atoms with Crippen LogP contribution in [0.15, 0.2) is 35.5 Å². The van der Waals surface area contributed by atoms with E-state index in [2.05, 4.69) is 9.97 Å². The number of ether oxygens (including phenoxy) is 1. The molecule has 6 nitrogen and oxygen atoms in total. The maximum atomic E-state index is 12.6. The minimum absolute atomic E-state index is 0.0441. The number of carbonyl (C=O) groups is 2. The molecule has 2 rings (SSSR count). The van der Waals surface area contributed by atoms with Gasteiger partial charge in [0.05, 0.1) is 5.56 Å². The Kier molecular flexibility index (Phi) is 8.20. The van der Waals surface area contributed by atoms with Gasteiger partial charge in [0.25, 0.3) is 5.91 Å². The monoisotopic (exact) mass is 415 g/mol. The molecule has 29 heavy (non-hydrogen) atoms. The summed E-state index contributed by atoms with van der Waals surface area (Å²) >= 11 is 1.47. The average molecular weight is 416 g/mol. The van der Waals surface area contributed by atoms with Crippen LogP contribution in [0.2, 0.25) is 0 Å². The van der Waals surface area contributed by atoms with Crippen LogP contribution in [0.1, 0.15) is 55.0 Å². The first-order valence-electron chi connectivity index (χ1n) is 9.70. The number of aryl methyl sites for hydroxylation is 2. The Balaban J connectivity index is 2.05. The summed E-state index contributed by atoms with van der Waals surface area (Å²) in [4.78, 5) is 35.6. The van der Waals surface area contributed by atoms with E-state index >= 15 is 0 Å². The van der Waals surface area contributed by atoms with E-state index in [1.54, 1.807) is 17.0 Å². The number of rotatable bonds is 8. The molecule has 0 radical (unpaired) electrons. The number of nitrogens with zero attached hydrogens (tertiary/aromatic N) is 3. The van der Waals surface area contributed by atoms with Crippen molar-refractivity contribution in [3.05, 3.63) is 52.8 Å². The molecule has 0 saturated heterocycles. The molecule has 0 aliphatic rings. The van der Waals surface area contributed by atoms with E-state index < -0.39 is 5.97 Å². The Morgan fingerprint density at radius 2 is 1.62 bits per heavy atom. The van der Waals surface area contributed by atoms with Crippen molar-refractivity contribution in [1.29, 1.82) is 0 Å². The highest BCUT2D eigenvalue weighted by atomic mass is 32.2. The Morgan fingerprint density at radius 3 is 2.21 bits per heavy atom. The number of hydrogen-bond acceptors (Lipinski definition) is 6. The summed E-state index contributed by atoms with van der Waals surface area (Å²) in [6.45, 7) is 11.4. The van der Waals surface area contributed by atoms with Crippen LogP contribution in [-0.4, -0.2) is 45.4 Å². The van der Waals surface area contributed by atoms with E-state index in [9.17, 15) is 9.59 Å². The first kappa shape index (κ1) is 22.9. The molecule has 0 spiro atoms. The van der Waals surface area contributed by atoms with Crippen LogP contribution >= 0.6 is 11.8 Å². The fourth-order valence-electron chi connectivity index (χ4n) is 3.20. The molecule has 2 aromatic rings. The highest BCUT2D eigenvalue weighted by Gasteiger charge is 2.22. The molecule has 0 unspecified atom stereocenters. The van der Waals surface area contributed by atoms with E-state index in [0.717, 1.165) is 17.0 Å². The Morgan fingerprint density at radius 1 is 1.03 bits per heavy atom. The van der Waals surface area contributed by atoms with Gasteiger partial charge >= 0.3 is 5.97 Å². The van der Waals surface area contributed by atoms with E-state index in [1.165, 1.54) is 11.8 Å². The van der Waals surface area contributed by atoms with E-state index in [4.69, 9.17) is 4.74 Å². The Hall–Kier alpha value is -2.41. The van der Waals surface area contributed by atoms with Gasteiger partial charge in [0.1, 0.15) is 0 Å². The Labute approximate surface area is 177 Å². The van der Waals surface area contributed by atoms with Crippen molar-refractivity contribution in [3.8, 4) is 0 Å². The van der Waals surface area contributed by atoms with E-state index in [-0.39, 0.29) is 24.6 Å². The number of amides is 1. The first-order chi connectivity index (χ1) is 13.7. The van der Waals surface area contributed by atoms with Gasteiger partial charge in [-0.3, -0.25) is 4.79 Å². The zero-order chi connectivity index (χ0) is 21.6. The molecule has 0 bridgehead atoms. The molecule has 0 aliphatic carbocycles. The van der Waals surface area contributed by atoms with Gasteiger partial charge in [-0.25, -0.2) is 14.8 Å². The lowest BCUT2D eigenvalue weighted by atomic mass is 10.1. The van der Waals surface area contributed by atoms with Crippen molar-refractivity contribution in [2.45, 2.75) is 64.5 Å². The van der Waals surface area contributed by atoms with Gasteiger partial charge < -0.3 is 9.64 Å². The van der Waals surface area contributed by atoms with Gasteiger partial charge in [-0.2, -0.15) is 0 Å². The van der Waals surface area contributed by atoms with Gasteiger partial charge in [-0.05, 0) is 59.2 Å². The fraction of sp³-hybridized carbons (Fsp3) is 0.455. The zero-order valence-corrected chi connectivity index (χ0v) is 18.7. The molecule has 0 atom stereocenters. The van der Waals surface area contributed by atoms with Crippen LogP contribution in [0.25, 0.3) is 0 Å². The van der Waals surface area contributed by atoms with Crippen LogP contribution in [0.5, 0.6) is 0 Å². The second-order valence-corrected chi connectivity index (χ2v) is 8.39. The van der Waals surface area contributed by atoms with Crippen molar-refractivity contribution in [3.63, 3.8) is 0 Å². The predicted octanol–water partition coefficient (Wildman–Crippen LogP) is 4.19. The van der Waals surface area contributed by atoms with Crippen molar-refractivity contribution in [1.82, 2.24) is 14.9 Å². The van der Waals surface area contributed by atoms with Gasteiger partial charge in [-0.1, -0.05) is 30.0 Å². The standard InChI is InChI=1S/C22H29N3O3S/c1-14(2)25(15(3)4)20(26)12-28-21(27)19-10-8-7-9-18(19)13-29-22-23-16(5)11-17(6)24-22/h7-11,14-15H,12-13H2,1-6H3. The molecule has 0 saturated carbocycles. The smallest absolute Gasteiger partial charge is 0.338 e. The maximum Gasteiger partial charge on any atom is 0.338 e. The van der Waals surface area contributed by atoms with Gasteiger partial charge in [0.2, 0.25) is 0 Å². The number of thioether (sulfide) groups is 1. The van der Waals surface area contributed by atoms with E-state index in [1.807, 2.05) is 59.7 Å². The third-order valence-electron chi connectivity index (χ3n) is 4.28. The number of hydrogen-bond donors (Lipinski definition) is 0. The van der Waals surface area contributed by atoms with Crippen molar-refractivity contribution < 1.29 is 14.3 Å². The number of benzene rings is 1. The molecule has 7 heteroatoms. The first-order valence-corrected chi connectivity index (χ1v) is 10.7. The highest BCUT2D eigenvalue weighted by molar-refractivity contribution is 7.98. The maximum absolute atomic E-state index is 12.6. The summed E-state index contributed by atoms with van der Waals surface area (Å²) in [6, 6.07) is 9.26. The van der Waals surface area contributed by atoms with Gasteiger partial charge in [-0.15, -0.1) is 0 Å². The molecule has 0 fully saturated rings. The SMILES string of the molecule is Cc1cc(C)nc(SCc2ccccc2C(=O)OCC(=O)N(C(C)C)C(C)C)n1. The second-order valence-electron chi connectivity index (χ2n) is 7.44. The molecule has 0 aliphatic heterocycles. The fourth-order valence-corrected chi connectivity index (χ4v) is 4.15. The van der Waals surface area contributed by atoms with Crippen LogP contribution in [0.4, 0.5) is 0 Å². The van der Waals surface area contributed by atoms with Crippen molar-refractivity contribution in [2.75, 3.05) is 6.61 Å². The summed E-state index contributed by atoms with van der Waals surface area (Å²) in [5, 5.41) is 0.672. The third-order valence-corrected chi connectivity index (χ3v) is 5.18. The van der Waals surface area contributed by atoms with Crippen LogP contribution < -0.4 is 0 Å². The third kappa shape index (κ3) is 6.56. The largest absolute Gasteiger partial charge is 0.452 e. The quantitative estimate of drug-likeness (QED) is 0.366. The number of esters is 1. The predicted molar refractivity (Wildman–Crippen MR) is 115 cm³/mol. The molecular formula is C22H29N3O3S. The molecule has 1 aromatic carbocycles. The highest BCUT2D eigenvalue weighted by Crippen LogP contribution is 2.23. The minimum atomic E-state index is -0.497. The number of aromatic nitrogens is 2. The zero-order valence-electron chi connectivity index (χ0n) is 17.9. The van der Waals surface area contributed by atoms with Crippen LogP contribution in [-0.2, 0) is 15.3 Å². The topological polar surface area (TPSA) is 72.4 Å². The van der Waals surface area contributed by atoms with Crippen LogP contribution in [0.3, 0.4) is 0 Å². The average Bonchev–Trinajstić information content (AvgIpc) is 2.63. The van der Waals surface area contributed by atoms with Gasteiger partial charge in [0.15, 0.2) is 11.8 Å². The van der Waals surface area contributed by atoms with Crippen LogP contribution in [0, 0.1) is 13.8 Å². The molecule has 1 aromatic heterocycles. The molecule has 1 amide bonds. The molecular weight excluding hydrogens is 386 g/mol. The summed E-state index contributed by atoms with van der Waals surface area (Å²) < 4.78 is 5.33. The summed E-state index contributed by atoms with van der Waals surface area (Å²) in [7, 11) is 0. The lowest BCUT2D eigenvalue weighted by molar-refractivity contribution is -0.138.